The van der Waals surface area contributed by atoms with Crippen LogP contribution in [0.1, 0.15) is 37.3 Å². The zero-order valence-electron chi connectivity index (χ0n) is 17.8. The molecule has 0 spiro atoms. The predicted octanol–water partition coefficient (Wildman–Crippen LogP) is 3.25. The first kappa shape index (κ1) is 22.0. The van der Waals surface area contributed by atoms with E-state index in [4.69, 9.17) is 4.74 Å². The van der Waals surface area contributed by atoms with Crippen molar-refractivity contribution in [2.45, 2.75) is 33.1 Å². The highest BCUT2D eigenvalue weighted by Gasteiger charge is 2.29. The lowest BCUT2D eigenvalue weighted by Crippen LogP contribution is -2.47. The maximum Gasteiger partial charge on any atom is 0.319 e. The Kier molecular flexibility index (Phi) is 7.62. The molecule has 162 valence electrons. The summed E-state index contributed by atoms with van der Waals surface area (Å²) in [6, 6.07) is 7.87. The van der Waals surface area contributed by atoms with Gasteiger partial charge in [-0.2, -0.15) is 0 Å². The van der Waals surface area contributed by atoms with Gasteiger partial charge < -0.3 is 19.9 Å². The number of likely N-dealkylation sites (tertiary alicyclic amines) is 1. The van der Waals surface area contributed by atoms with Gasteiger partial charge in [0.15, 0.2) is 0 Å². The van der Waals surface area contributed by atoms with Crippen molar-refractivity contribution in [1.29, 1.82) is 0 Å². The van der Waals surface area contributed by atoms with Gasteiger partial charge in [0.05, 0.1) is 7.11 Å². The maximum absolute atomic E-state index is 12.6. The number of hydrogen-bond acceptors (Lipinski definition) is 6. The van der Waals surface area contributed by atoms with E-state index in [0.717, 1.165) is 16.3 Å². The number of rotatable bonds is 7. The van der Waals surface area contributed by atoms with E-state index in [2.05, 4.69) is 15.5 Å². The third-order valence-electron chi connectivity index (χ3n) is 5.38. The molecule has 0 aliphatic carbocycles. The third kappa shape index (κ3) is 5.47. The summed E-state index contributed by atoms with van der Waals surface area (Å²) in [5.74, 6) is 0.658. The van der Waals surface area contributed by atoms with Crippen molar-refractivity contribution in [3.63, 3.8) is 0 Å². The molecule has 30 heavy (non-hydrogen) atoms. The van der Waals surface area contributed by atoms with Crippen LogP contribution in [0.5, 0.6) is 5.75 Å². The van der Waals surface area contributed by atoms with Crippen LogP contribution in [-0.4, -0.2) is 65.2 Å². The minimum atomic E-state index is -0.111. The van der Waals surface area contributed by atoms with Gasteiger partial charge >= 0.3 is 6.03 Å². The van der Waals surface area contributed by atoms with Gasteiger partial charge in [0.2, 0.25) is 11.0 Å². The minimum absolute atomic E-state index is 0.0444. The summed E-state index contributed by atoms with van der Waals surface area (Å²) < 4.78 is 5.17. The Balaban J connectivity index is 1.49. The number of methoxy groups -OCH3 is 1. The summed E-state index contributed by atoms with van der Waals surface area (Å²) in [5.41, 5.74) is 1.11. The van der Waals surface area contributed by atoms with E-state index in [-0.39, 0.29) is 17.9 Å². The van der Waals surface area contributed by atoms with Crippen molar-refractivity contribution >= 4 is 28.4 Å². The average Bonchev–Trinajstić information content (AvgIpc) is 3.21. The smallest absolute Gasteiger partial charge is 0.319 e. The molecule has 9 heteroatoms. The van der Waals surface area contributed by atoms with Gasteiger partial charge in [-0.05, 0) is 44.4 Å². The van der Waals surface area contributed by atoms with E-state index in [9.17, 15) is 9.59 Å². The molecule has 1 aliphatic heterocycles. The fourth-order valence-electron chi connectivity index (χ4n) is 3.53. The molecule has 3 rings (SSSR count). The summed E-state index contributed by atoms with van der Waals surface area (Å²) >= 11 is 1.39. The first-order chi connectivity index (χ1) is 14.5. The Hall–Kier alpha value is -2.68. The zero-order chi connectivity index (χ0) is 21.5. The number of carbonyl (C=O) groups excluding carboxylic acids is 2. The summed E-state index contributed by atoms with van der Waals surface area (Å²) in [4.78, 5) is 28.7. The van der Waals surface area contributed by atoms with Crippen molar-refractivity contribution in [2.24, 2.45) is 5.92 Å². The molecule has 3 amide bonds. The molecule has 2 heterocycles. The Morgan fingerprint density at radius 3 is 2.43 bits per heavy atom. The highest BCUT2D eigenvalue weighted by molar-refractivity contribution is 7.15. The summed E-state index contributed by atoms with van der Waals surface area (Å²) in [6.45, 7) is 6.56. The van der Waals surface area contributed by atoms with Gasteiger partial charge in [0, 0.05) is 38.5 Å². The van der Waals surface area contributed by atoms with E-state index in [1.165, 1.54) is 11.3 Å². The van der Waals surface area contributed by atoms with Gasteiger partial charge in [-0.15, -0.1) is 10.2 Å². The molecule has 0 saturated carbocycles. The quantitative estimate of drug-likeness (QED) is 0.727. The molecule has 1 N–H and O–H groups in total. The van der Waals surface area contributed by atoms with Crippen molar-refractivity contribution in [3.05, 3.63) is 34.8 Å². The van der Waals surface area contributed by atoms with E-state index in [0.29, 0.717) is 50.6 Å². The summed E-state index contributed by atoms with van der Waals surface area (Å²) in [7, 11) is 1.64. The lowest BCUT2D eigenvalue weighted by Gasteiger charge is -2.34. The molecule has 0 unspecified atom stereocenters. The molecule has 2 aromatic rings. The topological polar surface area (TPSA) is 87.7 Å². The van der Waals surface area contributed by atoms with Crippen LogP contribution in [0.3, 0.4) is 0 Å². The number of aromatic nitrogens is 2. The van der Waals surface area contributed by atoms with Gasteiger partial charge in [-0.1, -0.05) is 23.5 Å². The monoisotopic (exact) mass is 431 g/mol. The maximum atomic E-state index is 12.6. The lowest BCUT2D eigenvalue weighted by molar-refractivity contribution is -0.121. The van der Waals surface area contributed by atoms with Crippen LogP contribution in [0.15, 0.2) is 24.3 Å². The molecule has 1 aromatic heterocycles. The van der Waals surface area contributed by atoms with Crippen molar-refractivity contribution in [1.82, 2.24) is 20.0 Å². The number of benzene rings is 1. The molecule has 1 aromatic carbocycles. The second kappa shape index (κ2) is 10.4. The minimum Gasteiger partial charge on any atom is -0.497 e. The average molecular weight is 432 g/mol. The third-order valence-corrected chi connectivity index (χ3v) is 6.22. The van der Waals surface area contributed by atoms with Gasteiger partial charge in [0.25, 0.3) is 0 Å². The number of urea groups is 1. The Labute approximate surface area is 181 Å². The Morgan fingerprint density at radius 2 is 1.83 bits per heavy atom. The largest absolute Gasteiger partial charge is 0.497 e. The second-order valence-corrected chi connectivity index (χ2v) is 8.29. The van der Waals surface area contributed by atoms with Crippen molar-refractivity contribution in [3.8, 4) is 5.75 Å². The molecule has 1 aliphatic rings. The van der Waals surface area contributed by atoms with Crippen LogP contribution in [0.25, 0.3) is 0 Å². The number of ether oxygens (including phenoxy) is 1. The molecule has 1 saturated heterocycles. The van der Waals surface area contributed by atoms with Gasteiger partial charge in [0.1, 0.15) is 10.8 Å². The van der Waals surface area contributed by atoms with Gasteiger partial charge in [-0.25, -0.2) is 4.79 Å². The van der Waals surface area contributed by atoms with Crippen LogP contribution in [0.4, 0.5) is 9.93 Å². The van der Waals surface area contributed by atoms with E-state index >= 15 is 0 Å². The number of nitrogens with zero attached hydrogens (tertiary/aromatic N) is 4. The summed E-state index contributed by atoms with van der Waals surface area (Å²) in [6.07, 6.45) is 1.98. The van der Waals surface area contributed by atoms with Crippen LogP contribution in [0, 0.1) is 5.92 Å². The van der Waals surface area contributed by atoms with Crippen LogP contribution in [0.2, 0.25) is 0 Å². The Morgan fingerprint density at radius 1 is 1.17 bits per heavy atom. The number of amides is 3. The lowest BCUT2D eigenvalue weighted by atomic mass is 9.96. The molecule has 0 radical (unpaired) electrons. The standard InChI is InChI=1S/C21H29N5O3S/c1-4-25(5-2)21(28)26-12-10-16(11-13-26)19(27)22-20-24-23-18(30-20)14-15-6-8-17(29-3)9-7-15/h6-9,16H,4-5,10-14H2,1-3H3,(H,22,24,27). The zero-order valence-corrected chi connectivity index (χ0v) is 18.6. The first-order valence-electron chi connectivity index (χ1n) is 10.3. The predicted molar refractivity (Wildman–Crippen MR) is 117 cm³/mol. The fraction of sp³-hybridized carbons (Fsp3) is 0.524. The van der Waals surface area contributed by atoms with Crippen LogP contribution >= 0.6 is 11.3 Å². The molecule has 0 bridgehead atoms. The van der Waals surface area contributed by atoms with Crippen molar-refractivity contribution in [2.75, 3.05) is 38.6 Å². The highest BCUT2D eigenvalue weighted by Crippen LogP contribution is 2.23. The fourth-order valence-corrected chi connectivity index (χ4v) is 4.31. The second-order valence-electron chi connectivity index (χ2n) is 7.23. The molecule has 0 atom stereocenters. The number of piperidine rings is 1. The first-order valence-corrected chi connectivity index (χ1v) is 11.2. The number of hydrogen-bond donors (Lipinski definition) is 1. The van der Waals surface area contributed by atoms with E-state index < -0.39 is 0 Å². The number of anilines is 1. The molecule has 1 fully saturated rings. The molecular weight excluding hydrogens is 402 g/mol. The van der Waals surface area contributed by atoms with E-state index in [1.807, 2.05) is 47.9 Å². The van der Waals surface area contributed by atoms with E-state index in [1.54, 1.807) is 7.11 Å². The molecule has 8 nitrogen and oxygen atoms in total. The highest BCUT2D eigenvalue weighted by atomic mass is 32.1. The normalized spacial score (nSPS) is 14.4. The summed E-state index contributed by atoms with van der Waals surface area (Å²) in [5, 5.41) is 12.6. The van der Waals surface area contributed by atoms with Gasteiger partial charge in [-0.3, -0.25) is 4.79 Å². The molecular formula is C21H29N5O3S. The van der Waals surface area contributed by atoms with Crippen LogP contribution in [-0.2, 0) is 11.2 Å². The Bertz CT molecular complexity index is 843. The number of carbonyl (C=O) groups is 2. The SMILES string of the molecule is CCN(CC)C(=O)N1CCC(C(=O)Nc2nnc(Cc3ccc(OC)cc3)s2)CC1. The van der Waals surface area contributed by atoms with Crippen molar-refractivity contribution < 1.29 is 14.3 Å². The van der Waals surface area contributed by atoms with Crippen LogP contribution < -0.4 is 10.1 Å². The number of nitrogens with one attached hydrogen (secondary N) is 1.